The van der Waals surface area contributed by atoms with E-state index in [4.69, 9.17) is 4.98 Å². The Bertz CT molecular complexity index is 1790. The molecule has 37 heavy (non-hydrogen) atoms. The molecule has 1 nitrogen and oxygen atoms in total. The van der Waals surface area contributed by atoms with Gasteiger partial charge in [-0.3, -0.25) is 0 Å². The Balaban J connectivity index is 1.54. The summed E-state index contributed by atoms with van der Waals surface area (Å²) in [6.07, 6.45) is 0. The normalized spacial score (nSPS) is 15.7. The van der Waals surface area contributed by atoms with Crippen LogP contribution in [0.3, 0.4) is 0 Å². The van der Waals surface area contributed by atoms with E-state index in [1.165, 1.54) is 54.8 Å². The Morgan fingerprint density at radius 1 is 0.514 bits per heavy atom. The zero-order valence-electron chi connectivity index (χ0n) is 20.8. The van der Waals surface area contributed by atoms with Gasteiger partial charge in [-0.2, -0.15) is 0 Å². The minimum absolute atomic E-state index is 0.0826. The second-order valence-electron chi connectivity index (χ2n) is 10.7. The minimum Gasteiger partial charge on any atom is -0.236 e. The van der Waals surface area contributed by atoms with Gasteiger partial charge in [-0.25, -0.2) is 4.98 Å². The van der Waals surface area contributed by atoms with Crippen LogP contribution in [0.1, 0.15) is 47.2 Å². The quantitative estimate of drug-likeness (QED) is 0.223. The molecule has 0 saturated heterocycles. The Hall–Kier alpha value is -4.01. The van der Waals surface area contributed by atoms with Gasteiger partial charge >= 0.3 is 0 Å². The lowest BCUT2D eigenvalue weighted by atomic mass is 9.55. The van der Waals surface area contributed by atoms with Crippen LogP contribution in [0.5, 0.6) is 0 Å². The zero-order chi connectivity index (χ0) is 24.8. The summed E-state index contributed by atoms with van der Waals surface area (Å²) in [5.41, 5.74) is 12.8. The molecule has 5 aromatic carbocycles. The number of benzene rings is 5. The fraction of sp³-hybridized carbons (Fsp3) is 0.114. The van der Waals surface area contributed by atoms with Crippen molar-refractivity contribution in [2.75, 3.05) is 0 Å². The van der Waals surface area contributed by atoms with E-state index < -0.39 is 0 Å². The molecule has 1 spiro atoms. The summed E-state index contributed by atoms with van der Waals surface area (Å²) in [5.74, 6) is 0. The van der Waals surface area contributed by atoms with Gasteiger partial charge in [0.05, 0.1) is 15.6 Å². The van der Waals surface area contributed by atoms with Crippen molar-refractivity contribution in [1.29, 1.82) is 0 Å². The van der Waals surface area contributed by atoms with Crippen molar-refractivity contribution in [1.82, 2.24) is 4.98 Å². The van der Waals surface area contributed by atoms with Gasteiger partial charge in [-0.15, -0.1) is 11.3 Å². The third-order valence-electron chi connectivity index (χ3n) is 8.60. The van der Waals surface area contributed by atoms with Crippen molar-refractivity contribution < 1.29 is 0 Å². The number of nitrogens with zero attached hydrogens (tertiary/aromatic N) is 1. The van der Waals surface area contributed by atoms with Crippen LogP contribution in [-0.2, 0) is 10.8 Å². The highest BCUT2D eigenvalue weighted by Crippen LogP contribution is 2.63. The van der Waals surface area contributed by atoms with Crippen molar-refractivity contribution in [2.24, 2.45) is 0 Å². The molecular formula is C35H25NS. The molecule has 0 fully saturated rings. The molecule has 8 rings (SSSR count). The molecule has 0 atom stereocenters. The maximum atomic E-state index is 5.10. The van der Waals surface area contributed by atoms with Crippen LogP contribution in [0, 0.1) is 0 Å². The van der Waals surface area contributed by atoms with Crippen LogP contribution in [0.2, 0.25) is 0 Å². The van der Waals surface area contributed by atoms with Gasteiger partial charge in [0.25, 0.3) is 0 Å². The van der Waals surface area contributed by atoms with Gasteiger partial charge in [0.15, 0.2) is 0 Å². The van der Waals surface area contributed by atoms with Crippen molar-refractivity contribution in [2.45, 2.75) is 24.7 Å². The second-order valence-corrected chi connectivity index (χ2v) is 11.8. The Morgan fingerprint density at radius 3 is 1.76 bits per heavy atom. The van der Waals surface area contributed by atoms with E-state index in [-0.39, 0.29) is 10.8 Å². The number of hydrogen-bond donors (Lipinski definition) is 0. The van der Waals surface area contributed by atoms with E-state index in [9.17, 15) is 0 Å². The van der Waals surface area contributed by atoms with E-state index in [2.05, 4.69) is 129 Å². The molecule has 0 N–H and O–H groups in total. The molecular weight excluding hydrogens is 466 g/mol. The summed E-state index contributed by atoms with van der Waals surface area (Å²) in [5, 5.41) is 1.09. The van der Waals surface area contributed by atoms with Crippen LogP contribution >= 0.6 is 11.3 Å². The number of fused-ring (bicyclic) bond motifs is 10. The van der Waals surface area contributed by atoms with Crippen molar-refractivity contribution >= 4 is 21.6 Å². The number of rotatable bonds is 1. The Kier molecular flexibility index (Phi) is 4.15. The Labute approximate surface area is 221 Å². The van der Waals surface area contributed by atoms with Gasteiger partial charge in [0, 0.05) is 11.0 Å². The summed E-state index contributed by atoms with van der Waals surface area (Å²) in [4.78, 5) is 5.10. The Morgan fingerprint density at radius 2 is 1.05 bits per heavy atom. The van der Waals surface area contributed by atoms with E-state index in [1.54, 1.807) is 11.3 Å². The van der Waals surface area contributed by atoms with Gasteiger partial charge in [0.2, 0.25) is 0 Å². The summed E-state index contributed by atoms with van der Waals surface area (Å²) in [7, 11) is 0. The maximum absolute atomic E-state index is 5.10. The number of thiazole rings is 1. The summed E-state index contributed by atoms with van der Waals surface area (Å²) in [6.45, 7) is 4.74. The molecule has 2 aliphatic rings. The number of hydrogen-bond acceptors (Lipinski definition) is 2. The first-order valence-electron chi connectivity index (χ1n) is 12.9. The fourth-order valence-corrected chi connectivity index (χ4v) is 8.07. The highest BCUT2D eigenvalue weighted by molar-refractivity contribution is 7.21. The largest absolute Gasteiger partial charge is 0.236 e. The molecule has 1 heterocycles. The SMILES string of the molecule is CC1(C)c2ccccc2C2(c3ccccc3-c3c(-c4nc5ccccc5s4)cccc32)c2ccccc21. The molecule has 0 radical (unpaired) electrons. The molecule has 0 aliphatic heterocycles. The van der Waals surface area contributed by atoms with Gasteiger partial charge < -0.3 is 0 Å². The number of para-hydroxylation sites is 1. The minimum atomic E-state index is -0.360. The first-order chi connectivity index (χ1) is 18.1. The first-order valence-corrected chi connectivity index (χ1v) is 13.7. The van der Waals surface area contributed by atoms with Gasteiger partial charge in [-0.1, -0.05) is 117 Å². The summed E-state index contributed by atoms with van der Waals surface area (Å²) in [6, 6.07) is 42.6. The van der Waals surface area contributed by atoms with E-state index in [0.29, 0.717) is 0 Å². The molecule has 2 aliphatic carbocycles. The summed E-state index contributed by atoms with van der Waals surface area (Å²) < 4.78 is 1.23. The molecule has 2 heteroatoms. The number of aromatic nitrogens is 1. The topological polar surface area (TPSA) is 12.9 Å². The first kappa shape index (κ1) is 21.1. The van der Waals surface area contributed by atoms with Crippen molar-refractivity contribution in [3.8, 4) is 21.7 Å². The van der Waals surface area contributed by atoms with Crippen LogP contribution < -0.4 is 0 Å². The molecule has 176 valence electrons. The van der Waals surface area contributed by atoms with E-state index in [1.807, 2.05) is 0 Å². The second kappa shape index (κ2) is 7.27. The van der Waals surface area contributed by atoms with Crippen LogP contribution in [0.4, 0.5) is 0 Å². The third-order valence-corrected chi connectivity index (χ3v) is 9.67. The van der Waals surface area contributed by atoms with Crippen LogP contribution in [-0.4, -0.2) is 4.98 Å². The zero-order valence-corrected chi connectivity index (χ0v) is 21.6. The average Bonchev–Trinajstić information content (AvgIpc) is 3.50. The van der Waals surface area contributed by atoms with Crippen LogP contribution in [0.25, 0.3) is 31.9 Å². The fourth-order valence-electron chi connectivity index (χ4n) is 7.07. The van der Waals surface area contributed by atoms with Gasteiger partial charge in [-0.05, 0) is 56.6 Å². The highest BCUT2D eigenvalue weighted by atomic mass is 32.1. The van der Waals surface area contributed by atoms with Gasteiger partial charge in [0.1, 0.15) is 5.01 Å². The molecule has 0 unspecified atom stereocenters. The van der Waals surface area contributed by atoms with E-state index in [0.717, 1.165) is 10.5 Å². The molecule has 0 saturated carbocycles. The van der Waals surface area contributed by atoms with Crippen molar-refractivity contribution in [3.05, 3.63) is 149 Å². The average molecular weight is 492 g/mol. The van der Waals surface area contributed by atoms with Crippen LogP contribution in [0.15, 0.2) is 115 Å². The standard InChI is InChI=1S/C35H25NS/c1-34(2)25-15-5-7-17-27(25)35(28-18-8-6-16-26(28)34)24-14-4-3-12-22(24)32-23(13-11-19-29(32)35)33-36-30-20-9-10-21-31(30)37-33/h3-21H,1-2H3. The smallest absolute Gasteiger partial charge is 0.125 e. The third kappa shape index (κ3) is 2.56. The lowest BCUT2D eigenvalue weighted by Gasteiger charge is -2.46. The lowest BCUT2D eigenvalue weighted by Crippen LogP contribution is -2.40. The molecule has 6 aromatic rings. The maximum Gasteiger partial charge on any atom is 0.125 e. The monoisotopic (exact) mass is 491 g/mol. The summed E-state index contributed by atoms with van der Waals surface area (Å²) >= 11 is 1.79. The molecule has 0 amide bonds. The molecule has 0 bridgehead atoms. The van der Waals surface area contributed by atoms with E-state index >= 15 is 0 Å². The predicted octanol–water partition coefficient (Wildman–Crippen LogP) is 8.97. The molecule has 1 aromatic heterocycles. The lowest BCUT2D eigenvalue weighted by molar-refractivity contribution is 0.563. The van der Waals surface area contributed by atoms with Crippen molar-refractivity contribution in [3.63, 3.8) is 0 Å². The highest BCUT2D eigenvalue weighted by Gasteiger charge is 2.53. The predicted molar refractivity (Wildman–Crippen MR) is 154 cm³/mol.